The van der Waals surface area contributed by atoms with Crippen molar-refractivity contribution in [3.8, 4) is 0 Å². The molecule has 1 aliphatic rings. The van der Waals surface area contributed by atoms with Crippen LogP contribution in [-0.2, 0) is 6.42 Å². The van der Waals surface area contributed by atoms with Gasteiger partial charge in [-0.3, -0.25) is 9.59 Å². The molecule has 0 aliphatic heterocycles. The number of ketones is 2. The number of rotatable bonds is 9. The van der Waals surface area contributed by atoms with Crippen LogP contribution in [0.25, 0.3) is 0 Å². The zero-order valence-corrected chi connectivity index (χ0v) is 20.4. The molecule has 0 radical (unpaired) electrons. The van der Waals surface area contributed by atoms with Crippen LogP contribution >= 0.6 is 0 Å². The molecule has 0 fully saturated rings. The molecule has 34 heavy (non-hydrogen) atoms. The van der Waals surface area contributed by atoms with Gasteiger partial charge in [0.15, 0.2) is 11.6 Å². The van der Waals surface area contributed by atoms with Crippen molar-refractivity contribution in [2.24, 2.45) is 0 Å². The summed E-state index contributed by atoms with van der Waals surface area (Å²) in [7, 11) is 4.20. The molecule has 0 heterocycles. The van der Waals surface area contributed by atoms with E-state index >= 15 is 0 Å². The molecule has 0 aromatic heterocycles. The first kappa shape index (κ1) is 23.7. The van der Waals surface area contributed by atoms with E-state index in [0.717, 1.165) is 18.5 Å². The van der Waals surface area contributed by atoms with Gasteiger partial charge in [-0.2, -0.15) is 0 Å². The minimum absolute atomic E-state index is 0.103. The van der Waals surface area contributed by atoms with Crippen LogP contribution in [-0.4, -0.2) is 49.2 Å². The Bertz CT molecular complexity index is 1190. The van der Waals surface area contributed by atoms with E-state index in [9.17, 15) is 9.59 Å². The standard InChI is InChI=1S/C29H33N3O2/c1-19(2)31-25-15-14-24(26-27(25)29(34)23-13-9-8-12-22(23)28(26)33)30-17-16-21(32(3)4)18-20-10-6-5-7-11-20/h5-15,19,21,30-31H,16-18H2,1-4H3. The van der Waals surface area contributed by atoms with Gasteiger partial charge < -0.3 is 15.5 Å². The van der Waals surface area contributed by atoms with Crippen molar-refractivity contribution in [1.82, 2.24) is 4.90 Å². The molecule has 5 heteroatoms. The van der Waals surface area contributed by atoms with Crippen molar-refractivity contribution in [3.63, 3.8) is 0 Å². The van der Waals surface area contributed by atoms with Crippen LogP contribution in [0.4, 0.5) is 11.4 Å². The molecule has 1 aliphatic carbocycles. The Labute approximate surface area is 202 Å². The fourth-order valence-corrected chi connectivity index (χ4v) is 4.60. The third-order valence-corrected chi connectivity index (χ3v) is 6.36. The van der Waals surface area contributed by atoms with Gasteiger partial charge >= 0.3 is 0 Å². The number of hydrogen-bond donors (Lipinski definition) is 2. The van der Waals surface area contributed by atoms with E-state index in [0.29, 0.717) is 40.5 Å². The Morgan fingerprint density at radius 1 is 0.765 bits per heavy atom. The highest BCUT2D eigenvalue weighted by atomic mass is 16.1. The summed E-state index contributed by atoms with van der Waals surface area (Å²) in [5, 5.41) is 6.83. The molecule has 1 unspecified atom stereocenters. The zero-order chi connectivity index (χ0) is 24.2. The average molecular weight is 456 g/mol. The van der Waals surface area contributed by atoms with Gasteiger partial charge in [0, 0.05) is 41.1 Å². The van der Waals surface area contributed by atoms with Gasteiger partial charge in [0.1, 0.15) is 0 Å². The van der Waals surface area contributed by atoms with Crippen molar-refractivity contribution in [2.45, 2.75) is 38.8 Å². The molecule has 1 atom stereocenters. The molecule has 3 aromatic carbocycles. The van der Waals surface area contributed by atoms with E-state index in [4.69, 9.17) is 0 Å². The monoisotopic (exact) mass is 455 g/mol. The Morgan fingerprint density at radius 2 is 1.32 bits per heavy atom. The van der Waals surface area contributed by atoms with Crippen molar-refractivity contribution >= 4 is 22.9 Å². The molecule has 0 bridgehead atoms. The third kappa shape index (κ3) is 4.90. The molecule has 176 valence electrons. The number of likely N-dealkylation sites (N-methyl/N-ethyl adjacent to an activating group) is 1. The molecule has 0 saturated heterocycles. The highest BCUT2D eigenvalue weighted by Gasteiger charge is 2.34. The second-order valence-corrected chi connectivity index (χ2v) is 9.44. The summed E-state index contributed by atoms with van der Waals surface area (Å²) in [5.74, 6) is -0.208. The molecule has 2 N–H and O–H groups in total. The topological polar surface area (TPSA) is 61.4 Å². The minimum atomic E-state index is -0.104. The summed E-state index contributed by atoms with van der Waals surface area (Å²) in [4.78, 5) is 29.2. The van der Waals surface area contributed by atoms with Crippen LogP contribution in [0.5, 0.6) is 0 Å². The van der Waals surface area contributed by atoms with Crippen LogP contribution in [0.2, 0.25) is 0 Å². The molecule has 4 rings (SSSR count). The van der Waals surface area contributed by atoms with E-state index in [-0.39, 0.29) is 17.6 Å². The van der Waals surface area contributed by atoms with Crippen molar-refractivity contribution in [1.29, 1.82) is 0 Å². The lowest BCUT2D eigenvalue weighted by Gasteiger charge is -2.27. The molecule has 3 aromatic rings. The maximum atomic E-state index is 13.5. The highest BCUT2D eigenvalue weighted by molar-refractivity contribution is 6.31. The fraction of sp³-hybridized carbons (Fsp3) is 0.310. The Kier molecular flexibility index (Phi) is 7.13. The molecule has 0 saturated carbocycles. The summed E-state index contributed by atoms with van der Waals surface area (Å²) in [6.07, 6.45) is 1.86. The summed E-state index contributed by atoms with van der Waals surface area (Å²) in [6, 6.07) is 21.9. The van der Waals surface area contributed by atoms with Crippen LogP contribution in [0, 0.1) is 0 Å². The predicted octanol–water partition coefficient (Wildman–Crippen LogP) is 5.26. The minimum Gasteiger partial charge on any atom is -0.384 e. The lowest BCUT2D eigenvalue weighted by molar-refractivity contribution is 0.0980. The third-order valence-electron chi connectivity index (χ3n) is 6.36. The van der Waals surface area contributed by atoms with E-state index < -0.39 is 0 Å². The fourth-order valence-electron chi connectivity index (χ4n) is 4.60. The number of hydrogen-bond acceptors (Lipinski definition) is 5. The lowest BCUT2D eigenvalue weighted by atomic mass is 9.82. The quantitative estimate of drug-likeness (QED) is 0.361. The van der Waals surface area contributed by atoms with Crippen molar-refractivity contribution in [3.05, 3.63) is 94.5 Å². The van der Waals surface area contributed by atoms with E-state index in [1.165, 1.54) is 5.56 Å². The van der Waals surface area contributed by atoms with Gasteiger partial charge in [-0.05, 0) is 58.5 Å². The first-order valence-corrected chi connectivity index (χ1v) is 11.9. The van der Waals surface area contributed by atoms with Crippen LogP contribution < -0.4 is 10.6 Å². The molecular weight excluding hydrogens is 422 g/mol. The summed E-state index contributed by atoms with van der Waals surface area (Å²) >= 11 is 0. The predicted molar refractivity (Wildman–Crippen MR) is 139 cm³/mol. The number of nitrogens with zero attached hydrogens (tertiary/aromatic N) is 1. The lowest BCUT2D eigenvalue weighted by Crippen LogP contribution is -2.32. The number of carbonyl (C=O) groups excluding carboxylic acids is 2. The number of nitrogens with one attached hydrogen (secondary N) is 2. The normalized spacial score (nSPS) is 13.6. The SMILES string of the molecule is CC(C)Nc1ccc(NCCC(Cc2ccccc2)N(C)C)c2c1C(=O)c1ccccc1C2=O. The number of carbonyl (C=O) groups is 2. The summed E-state index contributed by atoms with van der Waals surface area (Å²) in [6.45, 7) is 4.74. The summed E-state index contributed by atoms with van der Waals surface area (Å²) in [5.41, 5.74) is 4.61. The second-order valence-electron chi connectivity index (χ2n) is 9.44. The van der Waals surface area contributed by atoms with Gasteiger partial charge in [0.25, 0.3) is 0 Å². The van der Waals surface area contributed by atoms with E-state index in [1.807, 2.05) is 38.1 Å². The van der Waals surface area contributed by atoms with E-state index in [1.54, 1.807) is 18.2 Å². The molecule has 5 nitrogen and oxygen atoms in total. The maximum absolute atomic E-state index is 13.5. The van der Waals surface area contributed by atoms with Gasteiger partial charge in [0.2, 0.25) is 0 Å². The Balaban J connectivity index is 1.60. The smallest absolute Gasteiger partial charge is 0.196 e. The Hall–Kier alpha value is -3.44. The van der Waals surface area contributed by atoms with Gasteiger partial charge in [-0.15, -0.1) is 0 Å². The van der Waals surface area contributed by atoms with Crippen molar-refractivity contribution < 1.29 is 9.59 Å². The first-order valence-electron chi connectivity index (χ1n) is 11.9. The van der Waals surface area contributed by atoms with Gasteiger partial charge in [0.05, 0.1) is 11.1 Å². The van der Waals surface area contributed by atoms with Crippen molar-refractivity contribution in [2.75, 3.05) is 31.3 Å². The number of fused-ring (bicyclic) bond motifs is 2. The molecule has 0 amide bonds. The van der Waals surface area contributed by atoms with Gasteiger partial charge in [-0.25, -0.2) is 0 Å². The molecular formula is C29H33N3O2. The second kappa shape index (κ2) is 10.2. The summed E-state index contributed by atoms with van der Waals surface area (Å²) < 4.78 is 0. The van der Waals surface area contributed by atoms with Crippen LogP contribution in [0.1, 0.15) is 57.7 Å². The van der Waals surface area contributed by atoms with Gasteiger partial charge in [-0.1, -0.05) is 54.6 Å². The van der Waals surface area contributed by atoms with Crippen LogP contribution in [0.3, 0.4) is 0 Å². The maximum Gasteiger partial charge on any atom is 0.196 e. The van der Waals surface area contributed by atoms with E-state index in [2.05, 4.69) is 53.9 Å². The first-order chi connectivity index (χ1) is 16.4. The van der Waals surface area contributed by atoms with Crippen LogP contribution in [0.15, 0.2) is 66.7 Å². The Morgan fingerprint density at radius 3 is 1.91 bits per heavy atom. The zero-order valence-electron chi connectivity index (χ0n) is 20.4. The number of benzene rings is 3. The average Bonchev–Trinajstić information content (AvgIpc) is 2.82. The number of anilines is 2. The largest absolute Gasteiger partial charge is 0.384 e. The molecule has 0 spiro atoms. The highest BCUT2D eigenvalue weighted by Crippen LogP contribution is 2.36.